The van der Waals surface area contributed by atoms with Gasteiger partial charge < -0.3 is 33.3 Å². The van der Waals surface area contributed by atoms with Crippen molar-refractivity contribution in [2.24, 2.45) is 0 Å². The zero-order chi connectivity index (χ0) is 46.3. The number of likely N-dealkylation sites (N-methyl/N-ethyl adjacent to an activating group) is 1. The van der Waals surface area contributed by atoms with E-state index in [1.54, 1.807) is 0 Å². The first-order chi connectivity index (χ1) is 30.6. The van der Waals surface area contributed by atoms with Gasteiger partial charge in [0.25, 0.3) is 0 Å². The molecule has 63 heavy (non-hydrogen) atoms. The Morgan fingerprint density at radius 2 is 0.889 bits per heavy atom. The smallest absolute Gasteiger partial charge is 0.306 e. The molecule has 0 spiro atoms. The van der Waals surface area contributed by atoms with Gasteiger partial charge in [-0.2, -0.15) is 0 Å². The molecule has 0 bridgehead atoms. The minimum atomic E-state index is -1.65. The first-order valence-corrected chi connectivity index (χ1v) is 23.7. The Morgan fingerprint density at radius 3 is 1.33 bits per heavy atom. The minimum Gasteiger partial charge on any atom is -0.545 e. The number of unbranched alkanes of at least 4 members (excludes halogenated alkanes) is 6. The molecule has 2 atom stereocenters. The average Bonchev–Trinajstić information content (AvgIpc) is 3.24. The number of allylic oxidation sites excluding steroid dienone is 20. The number of carbonyl (C=O) groups is 3. The number of ether oxygens (including phenoxy) is 4. The van der Waals surface area contributed by atoms with Crippen LogP contribution in [0.15, 0.2) is 122 Å². The van der Waals surface area contributed by atoms with Crippen molar-refractivity contribution < 1.29 is 42.9 Å². The number of rotatable bonds is 41. The number of carboxylic acid groups (broad SMARTS) is 1. The van der Waals surface area contributed by atoms with E-state index in [1.807, 2.05) is 33.3 Å². The van der Waals surface area contributed by atoms with Crippen LogP contribution in [0.2, 0.25) is 0 Å². The Kier molecular flexibility index (Phi) is 41.3. The summed E-state index contributed by atoms with van der Waals surface area (Å²) in [6.07, 6.45) is 58.2. The number of nitrogens with zero attached hydrogens (tertiary/aromatic N) is 1. The average molecular weight is 876 g/mol. The molecule has 354 valence electrons. The van der Waals surface area contributed by atoms with Gasteiger partial charge in [0.2, 0.25) is 0 Å². The molecule has 0 aliphatic rings. The van der Waals surface area contributed by atoms with E-state index >= 15 is 0 Å². The van der Waals surface area contributed by atoms with Crippen LogP contribution in [0.4, 0.5) is 0 Å². The molecule has 9 heteroatoms. The van der Waals surface area contributed by atoms with Crippen molar-refractivity contribution in [3.8, 4) is 0 Å². The van der Waals surface area contributed by atoms with Crippen molar-refractivity contribution in [2.75, 3.05) is 47.5 Å². The van der Waals surface area contributed by atoms with E-state index < -0.39 is 30.3 Å². The number of esters is 2. The van der Waals surface area contributed by atoms with Gasteiger partial charge in [-0.05, 0) is 89.9 Å². The summed E-state index contributed by atoms with van der Waals surface area (Å²) in [5.41, 5.74) is 0. The lowest BCUT2D eigenvalue weighted by Gasteiger charge is -2.26. The second-order valence-corrected chi connectivity index (χ2v) is 16.3. The fourth-order valence-corrected chi connectivity index (χ4v) is 5.61. The van der Waals surface area contributed by atoms with Crippen LogP contribution in [0.1, 0.15) is 142 Å². The fourth-order valence-electron chi connectivity index (χ4n) is 5.61. The lowest BCUT2D eigenvalue weighted by molar-refractivity contribution is -0.870. The zero-order valence-corrected chi connectivity index (χ0v) is 39.9. The van der Waals surface area contributed by atoms with Crippen molar-refractivity contribution in [3.63, 3.8) is 0 Å². The van der Waals surface area contributed by atoms with E-state index in [4.69, 9.17) is 18.9 Å². The monoisotopic (exact) mass is 876 g/mol. The molecule has 0 aromatic carbocycles. The molecule has 0 aliphatic heterocycles. The van der Waals surface area contributed by atoms with Crippen LogP contribution in [-0.2, 0) is 33.3 Å². The van der Waals surface area contributed by atoms with Gasteiger partial charge in [-0.1, -0.05) is 161 Å². The highest BCUT2D eigenvalue weighted by atomic mass is 16.7. The molecule has 0 N–H and O–H groups in total. The van der Waals surface area contributed by atoms with E-state index in [9.17, 15) is 19.5 Å². The van der Waals surface area contributed by atoms with Crippen LogP contribution >= 0.6 is 0 Å². The molecule has 0 radical (unpaired) electrons. The topological polar surface area (TPSA) is 111 Å². The van der Waals surface area contributed by atoms with E-state index in [0.29, 0.717) is 23.9 Å². The molecule has 9 nitrogen and oxygen atoms in total. The normalized spacial score (nSPS) is 14.0. The van der Waals surface area contributed by atoms with Gasteiger partial charge in [0.15, 0.2) is 12.4 Å². The quantitative estimate of drug-likeness (QED) is 0.0196. The van der Waals surface area contributed by atoms with E-state index in [0.717, 1.165) is 103 Å². The Hall–Kier alpha value is -4.31. The second-order valence-electron chi connectivity index (χ2n) is 16.3. The third-order valence-electron chi connectivity index (χ3n) is 9.22. The molecule has 2 unspecified atom stereocenters. The van der Waals surface area contributed by atoms with Crippen molar-refractivity contribution in [1.29, 1.82) is 0 Å². The van der Waals surface area contributed by atoms with Gasteiger partial charge in [-0.25, -0.2) is 0 Å². The lowest BCUT2D eigenvalue weighted by atomic mass is 10.1. The Balaban J connectivity index is 4.48. The number of quaternary nitrogens is 1. The van der Waals surface area contributed by atoms with Gasteiger partial charge >= 0.3 is 11.9 Å². The summed E-state index contributed by atoms with van der Waals surface area (Å²) in [5, 5.41) is 11.7. The number of carbonyl (C=O) groups excluding carboxylic acids is 3. The first-order valence-electron chi connectivity index (χ1n) is 23.7. The van der Waals surface area contributed by atoms with Crippen LogP contribution in [0.25, 0.3) is 0 Å². The van der Waals surface area contributed by atoms with Crippen molar-refractivity contribution in [2.45, 2.75) is 155 Å². The highest BCUT2D eigenvalue weighted by Gasteiger charge is 2.21. The van der Waals surface area contributed by atoms with Crippen LogP contribution in [0, 0.1) is 0 Å². The van der Waals surface area contributed by atoms with Crippen LogP contribution in [0.3, 0.4) is 0 Å². The number of aliphatic carboxylic acids is 1. The Labute approximate surface area is 383 Å². The van der Waals surface area contributed by atoms with Gasteiger partial charge in [0, 0.05) is 12.8 Å². The fraction of sp³-hybridized carbons (Fsp3) is 0.574. The molecule has 0 saturated heterocycles. The number of hydrogen-bond donors (Lipinski definition) is 0. The minimum absolute atomic E-state index is 0.126. The summed E-state index contributed by atoms with van der Waals surface area (Å²) >= 11 is 0. The summed E-state index contributed by atoms with van der Waals surface area (Å²) in [7, 11) is 5.87. The van der Waals surface area contributed by atoms with E-state index in [-0.39, 0.29) is 32.7 Å². The van der Waals surface area contributed by atoms with Gasteiger partial charge in [0.1, 0.15) is 13.2 Å². The molecule has 0 fully saturated rings. The maximum atomic E-state index is 12.8. The highest BCUT2D eigenvalue weighted by Crippen LogP contribution is 2.12. The van der Waals surface area contributed by atoms with Crippen molar-refractivity contribution in [1.82, 2.24) is 0 Å². The second kappa shape index (κ2) is 44.3. The van der Waals surface area contributed by atoms with Gasteiger partial charge in [-0.15, -0.1) is 0 Å². The van der Waals surface area contributed by atoms with Crippen LogP contribution < -0.4 is 5.11 Å². The molecular weight excluding hydrogens is 791 g/mol. The third-order valence-corrected chi connectivity index (χ3v) is 9.22. The SMILES string of the molecule is CC/C=C\C/C=C\C/C=C\C/C=C\C/C=C\C/C=C\CCCCCCCCC(=O)OC(COC(=O)CC/C=C\C/C=C\C/C=C\C/C=C\CC)COC(OCC[N+](C)(C)C)C(=O)[O-]. The summed E-state index contributed by atoms with van der Waals surface area (Å²) in [5.74, 6) is -2.43. The van der Waals surface area contributed by atoms with Gasteiger partial charge in [0.05, 0.1) is 40.3 Å². The highest BCUT2D eigenvalue weighted by molar-refractivity contribution is 5.70. The van der Waals surface area contributed by atoms with Gasteiger partial charge in [-0.3, -0.25) is 9.59 Å². The Bertz CT molecular complexity index is 1440. The molecule has 0 aliphatic carbocycles. The van der Waals surface area contributed by atoms with Crippen LogP contribution in [0.5, 0.6) is 0 Å². The maximum absolute atomic E-state index is 12.8. The first kappa shape index (κ1) is 58.7. The summed E-state index contributed by atoms with van der Waals surface area (Å²) < 4.78 is 22.4. The predicted octanol–water partition coefficient (Wildman–Crippen LogP) is 11.7. The van der Waals surface area contributed by atoms with E-state index in [2.05, 4.69) is 123 Å². The number of hydrogen-bond acceptors (Lipinski definition) is 8. The Morgan fingerprint density at radius 1 is 0.476 bits per heavy atom. The summed E-state index contributed by atoms with van der Waals surface area (Å²) in [6.45, 7) is 4.37. The third kappa shape index (κ3) is 45.5. The lowest BCUT2D eigenvalue weighted by Crippen LogP contribution is -2.44. The molecule has 0 amide bonds. The molecule has 0 saturated carbocycles. The van der Waals surface area contributed by atoms with E-state index in [1.165, 1.54) is 0 Å². The molecule has 0 aromatic heterocycles. The number of carboxylic acids is 1. The van der Waals surface area contributed by atoms with Crippen molar-refractivity contribution >= 4 is 17.9 Å². The summed E-state index contributed by atoms with van der Waals surface area (Å²) in [6, 6.07) is 0. The molecule has 0 heterocycles. The predicted molar refractivity (Wildman–Crippen MR) is 260 cm³/mol. The molecule has 0 rings (SSSR count). The van der Waals surface area contributed by atoms with Crippen molar-refractivity contribution in [3.05, 3.63) is 122 Å². The van der Waals surface area contributed by atoms with Crippen LogP contribution in [-0.4, -0.2) is 82.3 Å². The maximum Gasteiger partial charge on any atom is 0.306 e. The molecule has 0 aromatic rings. The summed E-state index contributed by atoms with van der Waals surface area (Å²) in [4.78, 5) is 37.0. The largest absolute Gasteiger partial charge is 0.545 e. The molecular formula is C54H85NO8. The standard InChI is InChI=1S/C54H85NO8/c1-6-8-10-12-14-16-18-20-21-22-23-24-25-26-27-28-29-30-31-33-35-37-39-41-43-45-52(57)63-50(49-62-54(53(58)59)60-47-46-55(3,4)5)48-61-51(56)44-42-40-38-36-34-32-19-17-15-13-11-9-7-2/h8-11,14-17,20-21,23-24,26-27,29-30,32,34,38,40,50,54H,6-7,12-13,18-19,22,25,28,31,33,35-37,39,41-49H2,1-5H3/b10-8-,11-9-,16-14-,17-15-,21-20-,24-23-,27-26-,30-29-,34-32-,40-38-. The zero-order valence-electron chi connectivity index (χ0n) is 39.9.